The van der Waals surface area contributed by atoms with Gasteiger partial charge in [-0.05, 0) is 26.3 Å². The first-order valence-corrected chi connectivity index (χ1v) is 6.99. The highest BCUT2D eigenvalue weighted by Crippen LogP contribution is 2.50. The minimum Gasteiger partial charge on any atom is -0.381 e. The van der Waals surface area contributed by atoms with Crippen molar-refractivity contribution in [3.63, 3.8) is 0 Å². The molecule has 0 aromatic rings. The number of carbonyl (C=O) groups is 1. The van der Waals surface area contributed by atoms with Crippen LogP contribution in [0.3, 0.4) is 0 Å². The molecule has 0 aromatic carbocycles. The molecule has 0 unspecified atom stereocenters. The Morgan fingerprint density at radius 2 is 2.06 bits per heavy atom. The van der Waals surface area contributed by atoms with Crippen LogP contribution in [0.15, 0.2) is 0 Å². The van der Waals surface area contributed by atoms with Crippen molar-refractivity contribution < 1.29 is 9.53 Å². The molecule has 0 saturated heterocycles. The van der Waals surface area contributed by atoms with Crippen molar-refractivity contribution in [2.45, 2.75) is 51.7 Å². The summed E-state index contributed by atoms with van der Waals surface area (Å²) in [6.45, 7) is 5.31. The van der Waals surface area contributed by atoms with E-state index in [-0.39, 0.29) is 11.3 Å². The van der Waals surface area contributed by atoms with Gasteiger partial charge in [0.15, 0.2) is 0 Å². The molecule has 0 aromatic heterocycles. The van der Waals surface area contributed by atoms with Gasteiger partial charge in [-0.25, -0.2) is 0 Å². The molecule has 0 radical (unpaired) electrons. The number of amides is 1. The zero-order valence-electron chi connectivity index (χ0n) is 12.5. The number of nitrogens with one attached hydrogen (secondary N) is 1. The molecule has 0 spiro atoms. The number of ether oxygens (including phenoxy) is 1. The number of nitrogens with zero attached hydrogens (tertiary/aromatic N) is 1. The smallest absolute Gasteiger partial charge is 0.221 e. The molecule has 0 bridgehead atoms. The maximum atomic E-state index is 11.3. The van der Waals surface area contributed by atoms with Gasteiger partial charge in [-0.1, -0.05) is 13.8 Å². The van der Waals surface area contributed by atoms with Gasteiger partial charge in [0.1, 0.15) is 0 Å². The van der Waals surface area contributed by atoms with Crippen LogP contribution in [0.5, 0.6) is 0 Å². The van der Waals surface area contributed by atoms with Crippen LogP contribution in [0.2, 0.25) is 0 Å². The van der Waals surface area contributed by atoms with Crippen LogP contribution in [0.25, 0.3) is 0 Å². The maximum Gasteiger partial charge on any atom is 0.221 e. The lowest BCUT2D eigenvalue weighted by Gasteiger charge is -2.58. The highest BCUT2D eigenvalue weighted by Gasteiger charge is 2.54. The third-order valence-corrected chi connectivity index (χ3v) is 4.85. The number of methoxy groups -OCH3 is 1. The molecule has 1 aliphatic carbocycles. The van der Waals surface area contributed by atoms with Crippen LogP contribution in [0.4, 0.5) is 0 Å². The largest absolute Gasteiger partial charge is 0.381 e. The lowest BCUT2D eigenvalue weighted by atomic mass is 9.58. The van der Waals surface area contributed by atoms with E-state index >= 15 is 0 Å². The molecule has 4 heteroatoms. The van der Waals surface area contributed by atoms with Crippen molar-refractivity contribution in [1.29, 1.82) is 0 Å². The second-order valence-electron chi connectivity index (χ2n) is 5.32. The van der Waals surface area contributed by atoms with Crippen molar-refractivity contribution >= 4 is 5.91 Å². The summed E-state index contributed by atoms with van der Waals surface area (Å²) in [6.07, 6.45) is 4.31. The van der Waals surface area contributed by atoms with E-state index in [0.29, 0.717) is 18.6 Å². The molecule has 1 rings (SSSR count). The summed E-state index contributed by atoms with van der Waals surface area (Å²) in [5.41, 5.74) is 0.270. The normalized spacial score (nSPS) is 25.9. The van der Waals surface area contributed by atoms with Crippen molar-refractivity contribution in [2.75, 3.05) is 27.7 Å². The van der Waals surface area contributed by atoms with E-state index in [2.05, 4.69) is 31.1 Å². The van der Waals surface area contributed by atoms with Crippen LogP contribution < -0.4 is 5.32 Å². The van der Waals surface area contributed by atoms with E-state index in [4.69, 9.17) is 4.74 Å². The average Bonchev–Trinajstić information content (AvgIpc) is 2.37. The summed E-state index contributed by atoms with van der Waals surface area (Å²) in [7, 11) is 5.63. The van der Waals surface area contributed by atoms with Gasteiger partial charge in [0.05, 0.1) is 6.10 Å². The minimum absolute atomic E-state index is 0.114. The summed E-state index contributed by atoms with van der Waals surface area (Å²) in [5.74, 6) is 0.114. The molecule has 1 fully saturated rings. The van der Waals surface area contributed by atoms with E-state index in [1.54, 1.807) is 7.05 Å². The molecule has 2 atom stereocenters. The Bertz CT molecular complexity index is 277. The molecule has 1 saturated carbocycles. The lowest BCUT2D eigenvalue weighted by molar-refractivity contribution is -0.157. The van der Waals surface area contributed by atoms with E-state index in [1.165, 1.54) is 0 Å². The molecule has 0 aliphatic heterocycles. The fourth-order valence-electron chi connectivity index (χ4n) is 3.41. The van der Waals surface area contributed by atoms with Crippen molar-refractivity contribution in [3.8, 4) is 0 Å². The fraction of sp³-hybridized carbons (Fsp3) is 0.929. The van der Waals surface area contributed by atoms with Gasteiger partial charge in [0.2, 0.25) is 5.91 Å². The third-order valence-electron chi connectivity index (χ3n) is 4.85. The van der Waals surface area contributed by atoms with Gasteiger partial charge in [-0.15, -0.1) is 0 Å². The van der Waals surface area contributed by atoms with E-state index in [1.807, 2.05) is 7.11 Å². The lowest BCUT2D eigenvalue weighted by Crippen LogP contribution is -2.63. The van der Waals surface area contributed by atoms with Gasteiger partial charge in [-0.2, -0.15) is 0 Å². The molecule has 4 nitrogen and oxygen atoms in total. The maximum absolute atomic E-state index is 11.3. The highest BCUT2D eigenvalue weighted by atomic mass is 16.5. The first kappa shape index (κ1) is 15.4. The molecule has 106 valence electrons. The van der Waals surface area contributed by atoms with Gasteiger partial charge in [0.25, 0.3) is 0 Å². The number of carbonyl (C=O) groups excluding carboxylic acids is 1. The van der Waals surface area contributed by atoms with Gasteiger partial charge < -0.3 is 15.0 Å². The molecule has 0 heterocycles. The molecule has 1 aliphatic rings. The van der Waals surface area contributed by atoms with Gasteiger partial charge >= 0.3 is 0 Å². The summed E-state index contributed by atoms with van der Waals surface area (Å²) in [4.78, 5) is 13.6. The molecular formula is C14H28N2O2. The summed E-state index contributed by atoms with van der Waals surface area (Å²) in [6, 6.07) is 0.544. The van der Waals surface area contributed by atoms with Crippen molar-refractivity contribution in [3.05, 3.63) is 0 Å². The summed E-state index contributed by atoms with van der Waals surface area (Å²) >= 11 is 0. The predicted molar refractivity (Wildman–Crippen MR) is 73.5 cm³/mol. The number of rotatable bonds is 7. The van der Waals surface area contributed by atoms with Crippen LogP contribution in [-0.4, -0.2) is 50.7 Å². The molecular weight excluding hydrogens is 228 g/mol. The zero-order valence-corrected chi connectivity index (χ0v) is 12.5. The first-order valence-electron chi connectivity index (χ1n) is 6.99. The molecule has 1 amide bonds. The quantitative estimate of drug-likeness (QED) is 0.753. The summed E-state index contributed by atoms with van der Waals surface area (Å²) < 4.78 is 5.61. The van der Waals surface area contributed by atoms with E-state index in [9.17, 15) is 4.79 Å². The monoisotopic (exact) mass is 256 g/mol. The van der Waals surface area contributed by atoms with E-state index in [0.717, 1.165) is 25.8 Å². The number of hydrogen-bond donors (Lipinski definition) is 1. The van der Waals surface area contributed by atoms with Crippen molar-refractivity contribution in [2.24, 2.45) is 5.41 Å². The first-order chi connectivity index (χ1) is 8.55. The van der Waals surface area contributed by atoms with Gasteiger partial charge in [-0.3, -0.25) is 4.79 Å². The number of hydrogen-bond acceptors (Lipinski definition) is 3. The fourth-order valence-corrected chi connectivity index (χ4v) is 3.41. The molecule has 18 heavy (non-hydrogen) atoms. The van der Waals surface area contributed by atoms with E-state index < -0.39 is 0 Å². The second kappa shape index (κ2) is 6.53. The Balaban J connectivity index is 2.58. The van der Waals surface area contributed by atoms with Crippen LogP contribution >= 0.6 is 0 Å². The highest BCUT2D eigenvalue weighted by molar-refractivity contribution is 5.75. The Kier molecular flexibility index (Phi) is 5.60. The van der Waals surface area contributed by atoms with Crippen LogP contribution in [0, 0.1) is 5.41 Å². The topological polar surface area (TPSA) is 41.6 Å². The van der Waals surface area contributed by atoms with Crippen molar-refractivity contribution in [1.82, 2.24) is 10.2 Å². The zero-order chi connectivity index (χ0) is 13.8. The Hall–Kier alpha value is -0.610. The second-order valence-corrected chi connectivity index (χ2v) is 5.32. The van der Waals surface area contributed by atoms with Crippen LogP contribution in [0.1, 0.15) is 39.5 Å². The predicted octanol–water partition coefficient (Wildman–Crippen LogP) is 1.65. The van der Waals surface area contributed by atoms with Crippen LogP contribution in [-0.2, 0) is 9.53 Å². The molecule has 1 N–H and O–H groups in total. The minimum atomic E-state index is 0.114. The standard InChI is InChI=1S/C14H28N2O2/c1-6-14(7-2)11(10-12(14)18-5)16(4)9-8-13(17)15-3/h11-12H,6-10H2,1-5H3,(H,15,17)/t11-,12-/m0/s1. The Morgan fingerprint density at radius 3 is 2.50 bits per heavy atom. The Morgan fingerprint density at radius 1 is 1.44 bits per heavy atom. The average molecular weight is 256 g/mol. The third kappa shape index (κ3) is 2.69. The summed E-state index contributed by atoms with van der Waals surface area (Å²) in [5, 5.41) is 2.67. The Labute approximate surface area is 111 Å². The van der Waals surface area contributed by atoms with Gasteiger partial charge in [0, 0.05) is 38.6 Å². The SMILES string of the molecule is CCC1(CC)[C@@H](OC)C[C@@H]1N(C)CCC(=O)NC.